The molecule has 4 nitrogen and oxygen atoms in total. The second-order valence-corrected chi connectivity index (χ2v) is 12.7. The fraction of sp³-hybridized carbons (Fsp3) is 0.306. The maximum Gasteiger partial charge on any atom is 0.169 e. The zero-order valence-electron chi connectivity index (χ0n) is 25.9. The molecule has 0 aliphatic carbocycles. The lowest BCUT2D eigenvalue weighted by Crippen LogP contribution is -2.30. The van der Waals surface area contributed by atoms with Crippen LogP contribution in [0, 0.1) is 0 Å². The van der Waals surface area contributed by atoms with Crippen LogP contribution in [-0.2, 0) is 6.54 Å². The van der Waals surface area contributed by atoms with Crippen LogP contribution < -0.4 is 19.7 Å². The van der Waals surface area contributed by atoms with Gasteiger partial charge in [-0.3, -0.25) is 0 Å². The third kappa shape index (κ3) is 11.9. The Kier molecular flexibility index (Phi) is 15.0. The lowest BCUT2D eigenvalue weighted by Gasteiger charge is -2.20. The van der Waals surface area contributed by atoms with Crippen molar-refractivity contribution in [3.05, 3.63) is 120 Å². The molecule has 0 saturated heterocycles. The Bertz CT molecular complexity index is 1290. The highest BCUT2D eigenvalue weighted by Gasteiger charge is 2.04. The molecule has 0 amide bonds. The average Bonchev–Trinajstić information content (AvgIpc) is 3.03. The van der Waals surface area contributed by atoms with Gasteiger partial charge in [-0.05, 0) is 79.6 Å². The standard InChI is InChI=1S/C36H47N4S2/c1-6-31(21-24-37-7-2)9-10-32-13-17-35(18-14-32)38(4)27-29-41-42-30-28-39(5)36-19-15-33(16-20-36)11-12-34-22-25-40(8-3)26-23-34/h6,9-26,37H,7-8,27-30H2,1-5H3/q+1/b10-9+,24-21-,31-6-. The van der Waals surface area contributed by atoms with Gasteiger partial charge in [-0.1, -0.05) is 76.2 Å². The highest BCUT2D eigenvalue weighted by Crippen LogP contribution is 2.24. The van der Waals surface area contributed by atoms with Crippen molar-refractivity contribution >= 4 is 51.2 Å². The molecule has 3 rings (SSSR count). The largest absolute Gasteiger partial charge is 0.391 e. The topological polar surface area (TPSA) is 22.4 Å². The molecule has 1 N–H and O–H groups in total. The smallest absolute Gasteiger partial charge is 0.169 e. The van der Waals surface area contributed by atoms with Crippen LogP contribution in [0.1, 0.15) is 37.5 Å². The fourth-order valence-corrected chi connectivity index (χ4v) is 6.19. The molecule has 0 radical (unpaired) electrons. The first-order chi connectivity index (χ1) is 20.5. The fourth-order valence-electron chi connectivity index (χ4n) is 4.10. The molecule has 3 aromatic rings. The van der Waals surface area contributed by atoms with E-state index in [9.17, 15) is 0 Å². The summed E-state index contributed by atoms with van der Waals surface area (Å²) in [5.41, 5.74) is 7.34. The number of aryl methyl sites for hydroxylation is 1. The molecular formula is C36H47N4S2+. The van der Waals surface area contributed by atoms with E-state index in [4.69, 9.17) is 0 Å². The first kappa shape index (κ1) is 33.2. The molecule has 6 heteroatoms. The average molecular weight is 600 g/mol. The van der Waals surface area contributed by atoms with Gasteiger partial charge in [0.1, 0.15) is 6.54 Å². The van der Waals surface area contributed by atoms with Gasteiger partial charge in [-0.2, -0.15) is 0 Å². The maximum absolute atomic E-state index is 3.21. The Balaban J connectivity index is 1.33. The minimum atomic E-state index is 0.934. The van der Waals surface area contributed by atoms with E-state index >= 15 is 0 Å². The first-order valence-corrected chi connectivity index (χ1v) is 17.3. The van der Waals surface area contributed by atoms with Gasteiger partial charge in [-0.15, -0.1) is 0 Å². The Morgan fingerprint density at radius 3 is 1.69 bits per heavy atom. The van der Waals surface area contributed by atoms with Crippen LogP contribution in [0.15, 0.2) is 103 Å². The minimum absolute atomic E-state index is 0.934. The Morgan fingerprint density at radius 2 is 1.21 bits per heavy atom. The molecule has 2 aromatic carbocycles. The van der Waals surface area contributed by atoms with E-state index in [1.807, 2.05) is 27.8 Å². The van der Waals surface area contributed by atoms with Crippen LogP contribution in [0.25, 0.3) is 18.2 Å². The summed E-state index contributed by atoms with van der Waals surface area (Å²) >= 11 is 0. The molecule has 0 atom stereocenters. The van der Waals surface area contributed by atoms with Crippen molar-refractivity contribution in [3.8, 4) is 0 Å². The van der Waals surface area contributed by atoms with Crippen molar-refractivity contribution < 1.29 is 4.57 Å². The minimum Gasteiger partial charge on any atom is -0.391 e. The van der Waals surface area contributed by atoms with Crippen molar-refractivity contribution in [1.82, 2.24) is 5.32 Å². The Hall–Kier alpha value is -3.35. The summed E-state index contributed by atoms with van der Waals surface area (Å²) in [6.45, 7) is 10.3. The number of aromatic nitrogens is 1. The third-order valence-electron chi connectivity index (χ3n) is 6.92. The highest BCUT2D eigenvalue weighted by molar-refractivity contribution is 8.76. The molecule has 1 heterocycles. The Labute approximate surface area is 262 Å². The molecule has 1 aromatic heterocycles. The van der Waals surface area contributed by atoms with Crippen molar-refractivity contribution in [2.45, 2.75) is 27.3 Å². The van der Waals surface area contributed by atoms with E-state index in [0.29, 0.717) is 0 Å². The monoisotopic (exact) mass is 599 g/mol. The number of anilines is 2. The molecule has 0 saturated carbocycles. The summed E-state index contributed by atoms with van der Waals surface area (Å²) in [4.78, 5) is 4.67. The zero-order chi connectivity index (χ0) is 30.0. The second kappa shape index (κ2) is 19.0. The molecule has 0 unspecified atom stereocenters. The molecule has 0 spiro atoms. The third-order valence-corrected chi connectivity index (χ3v) is 9.29. The van der Waals surface area contributed by atoms with E-state index < -0.39 is 0 Å². The van der Waals surface area contributed by atoms with Crippen molar-refractivity contribution in [1.29, 1.82) is 0 Å². The number of pyridine rings is 1. The van der Waals surface area contributed by atoms with Gasteiger partial charge >= 0.3 is 0 Å². The number of allylic oxidation sites excluding steroid dienone is 4. The molecule has 222 valence electrons. The predicted octanol–water partition coefficient (Wildman–Crippen LogP) is 8.20. The second-order valence-electron chi connectivity index (χ2n) is 9.98. The maximum atomic E-state index is 3.21. The number of hydrogen-bond donors (Lipinski definition) is 1. The summed E-state index contributed by atoms with van der Waals surface area (Å²) in [7, 11) is 8.26. The van der Waals surface area contributed by atoms with E-state index in [-0.39, 0.29) is 0 Å². The van der Waals surface area contributed by atoms with Crippen molar-refractivity contribution in [3.63, 3.8) is 0 Å². The predicted molar refractivity (Wildman–Crippen MR) is 191 cm³/mol. The van der Waals surface area contributed by atoms with E-state index in [1.165, 1.54) is 33.6 Å². The van der Waals surface area contributed by atoms with Gasteiger partial charge in [0.05, 0.1) is 0 Å². The number of benzene rings is 2. The summed E-state index contributed by atoms with van der Waals surface area (Å²) in [6, 6.07) is 21.9. The van der Waals surface area contributed by atoms with Crippen LogP contribution >= 0.6 is 21.6 Å². The normalized spacial score (nSPS) is 12.1. The molecular weight excluding hydrogens is 553 g/mol. The van der Waals surface area contributed by atoms with Crippen LogP contribution in [-0.4, -0.2) is 45.2 Å². The molecule has 0 aliphatic rings. The molecule has 0 fully saturated rings. The quantitative estimate of drug-likeness (QED) is 0.0729. The zero-order valence-corrected chi connectivity index (χ0v) is 27.5. The number of hydrogen-bond acceptors (Lipinski definition) is 5. The van der Waals surface area contributed by atoms with Gasteiger partial charge in [0.15, 0.2) is 12.4 Å². The SMILES string of the molecule is C/C=C(\C=C/NCC)/C=C/c1ccc(N(C)CCSSCCN(C)c2ccc(/C=C/c3cc[n+](CC)cc3)cc2)cc1. The van der Waals surface area contributed by atoms with Crippen LogP contribution in [0.2, 0.25) is 0 Å². The van der Waals surface area contributed by atoms with E-state index in [1.54, 1.807) is 0 Å². The van der Waals surface area contributed by atoms with Crippen molar-refractivity contribution in [2.24, 2.45) is 0 Å². The lowest BCUT2D eigenvalue weighted by atomic mass is 10.1. The van der Waals surface area contributed by atoms with Gasteiger partial charge in [-0.25, -0.2) is 4.57 Å². The van der Waals surface area contributed by atoms with E-state index in [0.717, 1.165) is 37.7 Å². The molecule has 0 aliphatic heterocycles. The number of nitrogens with one attached hydrogen (secondary N) is 1. The van der Waals surface area contributed by atoms with Gasteiger partial charge in [0, 0.05) is 68.7 Å². The number of nitrogens with zero attached hydrogens (tertiary/aromatic N) is 3. The van der Waals surface area contributed by atoms with Crippen molar-refractivity contribution in [2.75, 3.05) is 55.0 Å². The lowest BCUT2D eigenvalue weighted by molar-refractivity contribution is -0.693. The molecule has 0 bridgehead atoms. The van der Waals surface area contributed by atoms with Crippen LogP contribution in [0.5, 0.6) is 0 Å². The van der Waals surface area contributed by atoms with Crippen LogP contribution in [0.3, 0.4) is 0 Å². The number of rotatable bonds is 17. The highest BCUT2D eigenvalue weighted by atomic mass is 33.1. The Morgan fingerprint density at radius 1 is 0.714 bits per heavy atom. The van der Waals surface area contributed by atoms with E-state index in [2.05, 4.69) is 164 Å². The summed E-state index contributed by atoms with van der Waals surface area (Å²) < 4.78 is 2.17. The summed E-state index contributed by atoms with van der Waals surface area (Å²) in [5, 5.41) is 3.21. The van der Waals surface area contributed by atoms with Gasteiger partial charge in [0.2, 0.25) is 0 Å². The summed E-state index contributed by atoms with van der Waals surface area (Å²) in [6.07, 6.45) is 19.1. The van der Waals surface area contributed by atoms with Gasteiger partial charge in [0.25, 0.3) is 0 Å². The van der Waals surface area contributed by atoms with Crippen LogP contribution in [0.4, 0.5) is 11.4 Å². The molecule has 42 heavy (non-hydrogen) atoms. The van der Waals surface area contributed by atoms with Gasteiger partial charge < -0.3 is 15.1 Å². The summed E-state index contributed by atoms with van der Waals surface area (Å²) in [5.74, 6) is 2.19. The first-order valence-electron chi connectivity index (χ1n) is 14.8.